The maximum absolute atomic E-state index is 12.4. The number of hydrogen-bond donors (Lipinski definition) is 0. The Balaban J connectivity index is 4.75. The summed E-state index contributed by atoms with van der Waals surface area (Å²) in [6.45, 7) is 10.6. The van der Waals surface area contributed by atoms with Gasteiger partial charge in [0.2, 0.25) is 5.91 Å². The highest BCUT2D eigenvalue weighted by Gasteiger charge is 2.33. The Morgan fingerprint density at radius 2 is 1.37 bits per heavy atom. The van der Waals surface area contributed by atoms with E-state index in [0.717, 1.165) is 12.8 Å². The second kappa shape index (κ2) is 10.4. The van der Waals surface area contributed by atoms with E-state index in [2.05, 4.69) is 30.6 Å². The maximum Gasteiger partial charge on any atom is 0.308 e. The lowest BCUT2D eigenvalue weighted by atomic mass is 9.85. The summed E-state index contributed by atoms with van der Waals surface area (Å²) in [6.07, 6.45) is 2.16. The van der Waals surface area contributed by atoms with Gasteiger partial charge in [0.25, 0.3) is 0 Å². The van der Waals surface area contributed by atoms with E-state index in [9.17, 15) is 9.59 Å². The van der Waals surface area contributed by atoms with Crippen molar-refractivity contribution in [1.82, 2.24) is 14.7 Å². The number of rotatable bonds is 11. The summed E-state index contributed by atoms with van der Waals surface area (Å²) in [4.78, 5) is 30.5. The van der Waals surface area contributed by atoms with Crippen LogP contribution < -0.4 is 0 Å². The molecule has 160 valence electrons. The van der Waals surface area contributed by atoms with Crippen molar-refractivity contribution in [2.75, 3.05) is 48.9 Å². The first-order valence-corrected chi connectivity index (χ1v) is 9.86. The minimum Gasteiger partial charge on any atom is -0.465 e. The van der Waals surface area contributed by atoms with Crippen molar-refractivity contribution in [3.63, 3.8) is 0 Å². The summed E-state index contributed by atoms with van der Waals surface area (Å²) in [6, 6.07) is 0. The lowest BCUT2D eigenvalue weighted by Gasteiger charge is -2.39. The van der Waals surface area contributed by atoms with E-state index < -0.39 is 0 Å². The fraction of sp³-hybridized carbons (Fsp3) is 0.905. The highest BCUT2D eigenvalue weighted by atomic mass is 16.5. The quantitative estimate of drug-likeness (QED) is 0.512. The predicted molar refractivity (Wildman–Crippen MR) is 112 cm³/mol. The molecule has 27 heavy (non-hydrogen) atoms. The highest BCUT2D eigenvalue weighted by molar-refractivity contribution is 5.78. The Morgan fingerprint density at radius 3 is 1.78 bits per heavy atom. The van der Waals surface area contributed by atoms with Crippen LogP contribution in [-0.2, 0) is 14.3 Å². The van der Waals surface area contributed by atoms with Gasteiger partial charge in [-0.1, -0.05) is 13.8 Å². The molecule has 0 spiro atoms. The molecule has 0 fully saturated rings. The average molecular weight is 386 g/mol. The molecule has 0 aliphatic carbocycles. The van der Waals surface area contributed by atoms with Crippen LogP contribution in [0.15, 0.2) is 0 Å². The van der Waals surface area contributed by atoms with Gasteiger partial charge in [-0.25, -0.2) is 0 Å². The van der Waals surface area contributed by atoms with Gasteiger partial charge in [-0.05, 0) is 68.2 Å². The molecule has 0 N–H and O–H groups in total. The number of carbonyl (C=O) groups is 2. The Bertz CT molecular complexity index is 489. The number of amides is 1. The van der Waals surface area contributed by atoms with Crippen LogP contribution in [0.4, 0.5) is 0 Å². The van der Waals surface area contributed by atoms with Gasteiger partial charge in [-0.15, -0.1) is 0 Å². The van der Waals surface area contributed by atoms with Crippen LogP contribution in [0, 0.1) is 11.8 Å². The average Bonchev–Trinajstić information content (AvgIpc) is 2.52. The zero-order chi connectivity index (χ0) is 21.6. The van der Waals surface area contributed by atoms with Crippen LogP contribution in [0.2, 0.25) is 0 Å². The number of esters is 1. The van der Waals surface area contributed by atoms with Gasteiger partial charge < -0.3 is 19.4 Å². The van der Waals surface area contributed by atoms with Crippen molar-refractivity contribution in [1.29, 1.82) is 0 Å². The van der Waals surface area contributed by atoms with Gasteiger partial charge in [0, 0.05) is 31.1 Å². The molecule has 0 rings (SSSR count). The Labute approximate surface area is 167 Å². The third-order valence-corrected chi connectivity index (χ3v) is 5.99. The van der Waals surface area contributed by atoms with Crippen LogP contribution in [0.5, 0.6) is 0 Å². The first kappa shape index (κ1) is 25.9. The molecule has 0 saturated heterocycles. The normalized spacial score (nSPS) is 16.8. The zero-order valence-electron chi connectivity index (χ0n) is 19.5. The fourth-order valence-corrected chi connectivity index (χ4v) is 3.22. The minimum absolute atomic E-state index is 0.0570. The first-order valence-electron chi connectivity index (χ1n) is 9.86. The van der Waals surface area contributed by atoms with Crippen molar-refractivity contribution in [2.45, 2.75) is 65.0 Å². The second-order valence-electron chi connectivity index (χ2n) is 9.46. The topological polar surface area (TPSA) is 53.1 Å². The molecule has 1 amide bonds. The molecule has 0 aliphatic rings. The molecule has 0 aliphatic heterocycles. The molecule has 0 bridgehead atoms. The molecule has 3 atom stereocenters. The van der Waals surface area contributed by atoms with Gasteiger partial charge in [-0.3, -0.25) is 9.59 Å². The van der Waals surface area contributed by atoms with Crippen molar-refractivity contribution in [2.24, 2.45) is 11.8 Å². The minimum atomic E-state index is -0.211. The molecule has 0 aromatic rings. The molecular weight excluding hydrogens is 342 g/mol. The smallest absolute Gasteiger partial charge is 0.308 e. The van der Waals surface area contributed by atoms with Crippen LogP contribution >= 0.6 is 0 Å². The van der Waals surface area contributed by atoms with Crippen LogP contribution in [0.1, 0.15) is 53.9 Å². The number of nitrogens with zero attached hydrogens (tertiary/aromatic N) is 3. The van der Waals surface area contributed by atoms with E-state index in [1.54, 1.807) is 19.0 Å². The van der Waals surface area contributed by atoms with Gasteiger partial charge in [0.05, 0.1) is 12.5 Å². The Morgan fingerprint density at radius 1 is 0.852 bits per heavy atom. The predicted octanol–water partition coefficient (Wildman–Crippen LogP) is 2.72. The van der Waals surface area contributed by atoms with E-state index in [4.69, 9.17) is 4.74 Å². The highest BCUT2D eigenvalue weighted by Crippen LogP contribution is 2.27. The zero-order valence-corrected chi connectivity index (χ0v) is 19.5. The maximum atomic E-state index is 12.4. The lowest BCUT2D eigenvalue weighted by Crippen LogP contribution is -2.46. The van der Waals surface area contributed by atoms with E-state index >= 15 is 0 Å². The first-order chi connectivity index (χ1) is 12.1. The number of carbonyl (C=O) groups excluding carboxylic acids is 2. The van der Waals surface area contributed by atoms with Crippen molar-refractivity contribution in [3.05, 3.63) is 0 Å². The monoisotopic (exact) mass is 385 g/mol. The van der Waals surface area contributed by atoms with Gasteiger partial charge in [0.1, 0.15) is 0 Å². The molecule has 0 radical (unpaired) electrons. The second-order valence-corrected chi connectivity index (χ2v) is 9.46. The molecule has 6 heteroatoms. The standard InChI is InChI=1S/C21H43N3O3/c1-16(18(25)22(6)7)15-21(5,24(10)11)12-13-27-19(26)17(2)14-20(3,4)23(8)9/h16-17H,12-15H2,1-11H3. The molecule has 0 aromatic carbocycles. The fourth-order valence-electron chi connectivity index (χ4n) is 3.22. The van der Waals surface area contributed by atoms with Crippen LogP contribution in [0.25, 0.3) is 0 Å². The summed E-state index contributed by atoms with van der Waals surface area (Å²) in [5, 5.41) is 0. The summed E-state index contributed by atoms with van der Waals surface area (Å²) in [5.41, 5.74) is -0.268. The number of ether oxygens (including phenoxy) is 1. The molecule has 0 aromatic heterocycles. The summed E-state index contributed by atoms with van der Waals surface area (Å²) < 4.78 is 5.59. The SMILES string of the molecule is CC(CC(C)(C)N(C)C)C(=O)OCCC(C)(CC(C)C(=O)N(C)C)N(C)C. The third-order valence-electron chi connectivity index (χ3n) is 5.99. The van der Waals surface area contributed by atoms with Gasteiger partial charge in [0.15, 0.2) is 0 Å². The largest absolute Gasteiger partial charge is 0.465 e. The van der Waals surface area contributed by atoms with Gasteiger partial charge >= 0.3 is 5.97 Å². The lowest BCUT2D eigenvalue weighted by molar-refractivity contribution is -0.150. The van der Waals surface area contributed by atoms with Crippen molar-refractivity contribution >= 4 is 11.9 Å². The Hall–Kier alpha value is -1.14. The van der Waals surface area contributed by atoms with Crippen LogP contribution in [-0.4, -0.2) is 86.5 Å². The molecular formula is C21H43N3O3. The molecule has 3 unspecified atom stereocenters. The van der Waals surface area contributed by atoms with E-state index in [0.29, 0.717) is 13.0 Å². The van der Waals surface area contributed by atoms with E-state index in [-0.39, 0.29) is 34.8 Å². The summed E-state index contributed by atoms with van der Waals surface area (Å²) in [7, 11) is 11.6. The van der Waals surface area contributed by atoms with E-state index in [1.165, 1.54) is 0 Å². The van der Waals surface area contributed by atoms with Crippen LogP contribution in [0.3, 0.4) is 0 Å². The molecule has 0 saturated carbocycles. The van der Waals surface area contributed by atoms with E-state index in [1.807, 2.05) is 42.0 Å². The van der Waals surface area contributed by atoms with Gasteiger partial charge in [-0.2, -0.15) is 0 Å². The summed E-state index contributed by atoms with van der Waals surface area (Å²) >= 11 is 0. The van der Waals surface area contributed by atoms with Crippen molar-refractivity contribution in [3.8, 4) is 0 Å². The third kappa shape index (κ3) is 8.18. The van der Waals surface area contributed by atoms with Crippen molar-refractivity contribution < 1.29 is 14.3 Å². The summed E-state index contributed by atoms with van der Waals surface area (Å²) in [5.74, 6) is -0.256. The number of hydrogen-bond acceptors (Lipinski definition) is 5. The molecule has 6 nitrogen and oxygen atoms in total. The molecule has 0 heterocycles. The Kier molecular flexibility index (Phi) is 9.98.